The minimum Gasteiger partial charge on any atom is -0.491 e. The van der Waals surface area contributed by atoms with Crippen molar-refractivity contribution in [3.05, 3.63) is 65.2 Å². The molecule has 5 heteroatoms. The highest BCUT2D eigenvalue weighted by atomic mass is 16.5. The molecule has 0 aliphatic carbocycles. The number of hydrogen-bond donors (Lipinski definition) is 2. The Bertz CT molecular complexity index is 760. The second-order valence-corrected chi connectivity index (χ2v) is 7.01. The van der Waals surface area contributed by atoms with Crippen molar-refractivity contribution < 1.29 is 9.53 Å². The molecule has 0 radical (unpaired) electrons. The number of benzene rings is 2. The number of nitrogens with one attached hydrogen (secondary N) is 2. The molecule has 0 spiro atoms. The van der Waals surface area contributed by atoms with E-state index in [1.807, 2.05) is 36.4 Å². The summed E-state index contributed by atoms with van der Waals surface area (Å²) < 4.78 is 5.61. The van der Waals surface area contributed by atoms with E-state index in [-0.39, 0.29) is 12.1 Å². The fourth-order valence-corrected chi connectivity index (χ4v) is 3.00. The summed E-state index contributed by atoms with van der Waals surface area (Å²) >= 11 is 0. The number of rotatable bonds is 6. The summed E-state index contributed by atoms with van der Waals surface area (Å²) in [5, 5.41) is 5.97. The van der Waals surface area contributed by atoms with E-state index in [9.17, 15) is 4.79 Å². The lowest BCUT2D eigenvalue weighted by atomic mass is 10.1. The molecule has 2 aromatic rings. The Kier molecular flexibility index (Phi) is 5.78. The maximum Gasteiger partial charge on any atom is 0.315 e. The first kappa shape index (κ1) is 18.3. The predicted molar refractivity (Wildman–Crippen MR) is 103 cm³/mol. The van der Waals surface area contributed by atoms with Gasteiger partial charge in [0.05, 0.1) is 6.04 Å². The van der Waals surface area contributed by atoms with Crippen LogP contribution in [0.15, 0.2) is 48.5 Å². The van der Waals surface area contributed by atoms with Crippen LogP contribution in [0.4, 0.5) is 4.79 Å². The minimum atomic E-state index is -0.178. The third-order valence-electron chi connectivity index (χ3n) is 4.86. The molecule has 1 aliphatic rings. The van der Waals surface area contributed by atoms with Gasteiger partial charge in [0.1, 0.15) is 12.4 Å². The molecule has 0 fully saturated rings. The molecule has 2 aromatic carbocycles. The Balaban J connectivity index is 1.57. The van der Waals surface area contributed by atoms with E-state index in [2.05, 4.69) is 48.6 Å². The van der Waals surface area contributed by atoms with Crippen molar-refractivity contribution in [2.24, 2.45) is 0 Å². The van der Waals surface area contributed by atoms with Crippen molar-refractivity contribution in [1.82, 2.24) is 15.5 Å². The first-order valence-corrected chi connectivity index (χ1v) is 9.07. The number of carbonyl (C=O) groups is 1. The molecule has 0 aromatic heterocycles. The maximum atomic E-state index is 12.3. The Morgan fingerprint density at radius 3 is 2.62 bits per heavy atom. The van der Waals surface area contributed by atoms with E-state index in [0.717, 1.165) is 23.4 Å². The lowest BCUT2D eigenvalue weighted by Gasteiger charge is -2.22. The van der Waals surface area contributed by atoms with Crippen LogP contribution in [0.1, 0.15) is 36.6 Å². The van der Waals surface area contributed by atoms with Crippen LogP contribution in [0.3, 0.4) is 0 Å². The molecule has 0 saturated carbocycles. The molecule has 2 amide bonds. The topological polar surface area (TPSA) is 53.6 Å². The molecule has 2 N–H and O–H groups in total. The number of carbonyl (C=O) groups excluding carboxylic acids is 1. The van der Waals surface area contributed by atoms with Crippen molar-refractivity contribution in [3.63, 3.8) is 0 Å². The summed E-state index contributed by atoms with van der Waals surface area (Å²) in [6.07, 6.45) is 0. The molecule has 5 nitrogen and oxygen atoms in total. The Hall–Kier alpha value is -2.53. The van der Waals surface area contributed by atoms with E-state index in [4.69, 9.17) is 4.74 Å². The maximum absolute atomic E-state index is 12.3. The molecular weight excluding hydrogens is 326 g/mol. The molecule has 26 heavy (non-hydrogen) atoms. The van der Waals surface area contributed by atoms with Crippen LogP contribution in [-0.2, 0) is 13.1 Å². The van der Waals surface area contributed by atoms with E-state index < -0.39 is 0 Å². The monoisotopic (exact) mass is 353 g/mol. The van der Waals surface area contributed by atoms with Crippen LogP contribution in [-0.4, -0.2) is 30.6 Å². The zero-order valence-electron chi connectivity index (χ0n) is 15.7. The number of urea groups is 1. The van der Waals surface area contributed by atoms with Crippen molar-refractivity contribution in [2.75, 3.05) is 13.7 Å². The van der Waals surface area contributed by atoms with Gasteiger partial charge in [-0.05, 0) is 38.1 Å². The van der Waals surface area contributed by atoms with Crippen molar-refractivity contribution in [2.45, 2.75) is 39.0 Å². The van der Waals surface area contributed by atoms with Gasteiger partial charge < -0.3 is 15.4 Å². The number of amides is 2. The zero-order valence-corrected chi connectivity index (χ0v) is 15.7. The average Bonchev–Trinajstić information content (AvgIpc) is 3.04. The van der Waals surface area contributed by atoms with E-state index >= 15 is 0 Å². The third-order valence-corrected chi connectivity index (χ3v) is 4.86. The van der Waals surface area contributed by atoms with Gasteiger partial charge in [-0.2, -0.15) is 0 Å². The lowest BCUT2D eigenvalue weighted by molar-refractivity contribution is 0.231. The molecule has 138 valence electrons. The fraction of sp³-hybridized carbons (Fsp3) is 0.381. The molecule has 3 rings (SSSR count). The number of nitrogens with zero attached hydrogens (tertiary/aromatic N) is 1. The van der Waals surface area contributed by atoms with Gasteiger partial charge in [0, 0.05) is 24.7 Å². The SMILES string of the molecule is CC(C)N(C)Cc1ccccc1CNC(=O)NC1COc2ccccc21. The average molecular weight is 353 g/mol. The Labute approximate surface area is 155 Å². The van der Waals surface area contributed by atoms with Crippen molar-refractivity contribution in [1.29, 1.82) is 0 Å². The largest absolute Gasteiger partial charge is 0.491 e. The van der Waals surface area contributed by atoms with Crippen LogP contribution < -0.4 is 15.4 Å². The van der Waals surface area contributed by atoms with Crippen LogP contribution >= 0.6 is 0 Å². The van der Waals surface area contributed by atoms with Gasteiger partial charge in [-0.25, -0.2) is 4.79 Å². The smallest absolute Gasteiger partial charge is 0.315 e. The summed E-state index contributed by atoms with van der Waals surface area (Å²) in [5.74, 6) is 0.847. The first-order valence-electron chi connectivity index (χ1n) is 9.07. The molecule has 1 unspecified atom stereocenters. The predicted octanol–water partition coefficient (Wildman–Crippen LogP) is 3.46. The van der Waals surface area contributed by atoms with Crippen molar-refractivity contribution in [3.8, 4) is 5.75 Å². The number of fused-ring (bicyclic) bond motifs is 1. The van der Waals surface area contributed by atoms with Gasteiger partial charge in [0.15, 0.2) is 0 Å². The second-order valence-electron chi connectivity index (χ2n) is 7.01. The summed E-state index contributed by atoms with van der Waals surface area (Å²) in [7, 11) is 2.11. The highest BCUT2D eigenvalue weighted by Gasteiger charge is 2.24. The van der Waals surface area contributed by atoms with E-state index in [0.29, 0.717) is 19.2 Å². The fourth-order valence-electron chi connectivity index (χ4n) is 3.00. The molecule has 1 aliphatic heterocycles. The molecule has 0 saturated heterocycles. The van der Waals surface area contributed by atoms with Crippen LogP contribution in [0.2, 0.25) is 0 Å². The standard InChI is InChI=1S/C21H27N3O2/c1-15(2)24(3)13-17-9-5-4-8-16(17)12-22-21(25)23-19-14-26-20-11-7-6-10-18(19)20/h4-11,15,19H,12-14H2,1-3H3,(H2,22,23,25). The molecule has 0 bridgehead atoms. The number of hydrogen-bond acceptors (Lipinski definition) is 3. The van der Waals surface area contributed by atoms with E-state index in [1.165, 1.54) is 5.56 Å². The van der Waals surface area contributed by atoms with Crippen LogP contribution in [0.5, 0.6) is 5.75 Å². The van der Waals surface area contributed by atoms with Gasteiger partial charge in [0.25, 0.3) is 0 Å². The van der Waals surface area contributed by atoms with Crippen LogP contribution in [0, 0.1) is 0 Å². The minimum absolute atomic E-state index is 0.103. The Morgan fingerprint density at radius 1 is 1.15 bits per heavy atom. The van der Waals surface area contributed by atoms with Crippen molar-refractivity contribution >= 4 is 6.03 Å². The van der Waals surface area contributed by atoms with Gasteiger partial charge >= 0.3 is 6.03 Å². The lowest BCUT2D eigenvalue weighted by Crippen LogP contribution is -2.38. The van der Waals surface area contributed by atoms with Crippen LogP contribution in [0.25, 0.3) is 0 Å². The van der Waals surface area contributed by atoms with Gasteiger partial charge in [-0.3, -0.25) is 4.90 Å². The summed E-state index contributed by atoms with van der Waals surface area (Å²) in [6.45, 7) is 6.19. The third kappa shape index (κ3) is 4.35. The zero-order chi connectivity index (χ0) is 18.5. The second kappa shape index (κ2) is 8.23. The quantitative estimate of drug-likeness (QED) is 0.836. The molecule has 1 atom stereocenters. The summed E-state index contributed by atoms with van der Waals surface area (Å²) in [6, 6.07) is 16.2. The van der Waals surface area contributed by atoms with Gasteiger partial charge in [-0.1, -0.05) is 42.5 Å². The highest BCUT2D eigenvalue weighted by molar-refractivity contribution is 5.74. The molecular formula is C21H27N3O2. The first-order chi connectivity index (χ1) is 12.5. The number of ether oxygens (including phenoxy) is 1. The Morgan fingerprint density at radius 2 is 1.85 bits per heavy atom. The highest BCUT2D eigenvalue weighted by Crippen LogP contribution is 2.31. The summed E-state index contributed by atoms with van der Waals surface area (Å²) in [4.78, 5) is 14.6. The number of para-hydroxylation sites is 1. The van der Waals surface area contributed by atoms with Gasteiger partial charge in [-0.15, -0.1) is 0 Å². The van der Waals surface area contributed by atoms with E-state index in [1.54, 1.807) is 0 Å². The molecule has 1 heterocycles. The summed E-state index contributed by atoms with van der Waals surface area (Å²) in [5.41, 5.74) is 3.40. The van der Waals surface area contributed by atoms with Gasteiger partial charge in [0.2, 0.25) is 0 Å². The normalized spacial score (nSPS) is 15.7.